The molecule has 0 bridgehead atoms. The lowest BCUT2D eigenvalue weighted by molar-refractivity contribution is -0.150. The molecule has 1 aromatic carbocycles. The van der Waals surface area contributed by atoms with Crippen LogP contribution in [-0.4, -0.2) is 29.5 Å². The van der Waals surface area contributed by atoms with Gasteiger partial charge in [0.05, 0.1) is 18.3 Å². The monoisotopic (exact) mass is 390 g/mol. The summed E-state index contributed by atoms with van der Waals surface area (Å²) in [7, 11) is 1.35. The number of ether oxygens (including phenoxy) is 1. The number of methoxy groups -OCH3 is 1. The summed E-state index contributed by atoms with van der Waals surface area (Å²) in [4.78, 5) is 29.8. The van der Waals surface area contributed by atoms with E-state index < -0.39 is 5.54 Å². The number of hydrogen-bond donors (Lipinski definition) is 1. The SMILES string of the molecule is COC(=O)C1(NC(=O)c2cnc(Cc3ccc(F)cc3)s2)CCC(C)CC1. The van der Waals surface area contributed by atoms with E-state index in [0.29, 0.717) is 30.1 Å². The van der Waals surface area contributed by atoms with Crippen LogP contribution in [0.15, 0.2) is 30.5 Å². The van der Waals surface area contributed by atoms with Crippen molar-refractivity contribution in [3.63, 3.8) is 0 Å². The summed E-state index contributed by atoms with van der Waals surface area (Å²) in [5, 5.41) is 3.67. The van der Waals surface area contributed by atoms with Gasteiger partial charge in [0.1, 0.15) is 16.2 Å². The van der Waals surface area contributed by atoms with Crippen LogP contribution >= 0.6 is 11.3 Å². The zero-order valence-electron chi connectivity index (χ0n) is 15.5. The van der Waals surface area contributed by atoms with Crippen LogP contribution in [0.2, 0.25) is 0 Å². The van der Waals surface area contributed by atoms with Gasteiger partial charge in [-0.1, -0.05) is 19.1 Å². The number of hydrogen-bond acceptors (Lipinski definition) is 5. The Morgan fingerprint density at radius 3 is 2.59 bits per heavy atom. The van der Waals surface area contributed by atoms with Crippen molar-refractivity contribution in [1.82, 2.24) is 10.3 Å². The minimum absolute atomic E-state index is 0.284. The van der Waals surface area contributed by atoms with Crippen molar-refractivity contribution < 1.29 is 18.7 Å². The van der Waals surface area contributed by atoms with Gasteiger partial charge >= 0.3 is 5.97 Å². The Balaban J connectivity index is 1.70. The van der Waals surface area contributed by atoms with Crippen LogP contribution in [-0.2, 0) is 16.0 Å². The van der Waals surface area contributed by atoms with Crippen LogP contribution in [0.3, 0.4) is 0 Å². The summed E-state index contributed by atoms with van der Waals surface area (Å²) in [6, 6.07) is 6.21. The number of rotatable bonds is 5. The van der Waals surface area contributed by atoms with Crippen molar-refractivity contribution in [2.24, 2.45) is 5.92 Å². The van der Waals surface area contributed by atoms with E-state index in [1.165, 1.54) is 36.8 Å². The van der Waals surface area contributed by atoms with Crippen LogP contribution < -0.4 is 5.32 Å². The van der Waals surface area contributed by atoms with Gasteiger partial charge in [-0.15, -0.1) is 11.3 Å². The smallest absolute Gasteiger partial charge is 0.331 e. The Hall–Kier alpha value is -2.28. The van der Waals surface area contributed by atoms with Crippen molar-refractivity contribution in [3.05, 3.63) is 51.7 Å². The zero-order chi connectivity index (χ0) is 19.4. The van der Waals surface area contributed by atoms with Crippen molar-refractivity contribution in [2.45, 2.75) is 44.6 Å². The molecule has 144 valence electrons. The number of nitrogens with one attached hydrogen (secondary N) is 1. The molecule has 0 atom stereocenters. The highest BCUT2D eigenvalue weighted by atomic mass is 32.1. The van der Waals surface area contributed by atoms with Crippen LogP contribution in [0.25, 0.3) is 0 Å². The Kier molecular flexibility index (Phi) is 5.89. The van der Waals surface area contributed by atoms with E-state index >= 15 is 0 Å². The fraction of sp³-hybridized carbons (Fsp3) is 0.450. The predicted octanol–water partition coefficient (Wildman–Crippen LogP) is 3.72. The Bertz CT molecular complexity index is 811. The molecule has 1 aliphatic rings. The second-order valence-electron chi connectivity index (χ2n) is 7.13. The van der Waals surface area contributed by atoms with E-state index in [1.54, 1.807) is 12.1 Å². The largest absolute Gasteiger partial charge is 0.467 e. The molecule has 27 heavy (non-hydrogen) atoms. The van der Waals surface area contributed by atoms with Gasteiger partial charge in [0.2, 0.25) is 0 Å². The number of halogens is 1. The molecule has 0 radical (unpaired) electrons. The molecule has 0 aliphatic heterocycles. The number of aromatic nitrogens is 1. The fourth-order valence-electron chi connectivity index (χ4n) is 3.38. The molecular formula is C20H23FN2O3S. The standard InChI is InChI=1S/C20H23FN2O3S/c1-13-7-9-20(10-8-13,19(25)26-2)23-18(24)16-12-22-17(27-16)11-14-3-5-15(21)6-4-14/h3-6,12-13H,7-11H2,1-2H3,(H,23,24). The van der Waals surface area contributed by atoms with E-state index in [1.807, 2.05) is 0 Å². The maximum atomic E-state index is 13.0. The molecule has 0 spiro atoms. The predicted molar refractivity (Wildman–Crippen MR) is 101 cm³/mol. The Labute approximate surface area is 162 Å². The summed E-state index contributed by atoms with van der Waals surface area (Å²) >= 11 is 1.28. The van der Waals surface area contributed by atoms with Crippen molar-refractivity contribution >= 4 is 23.2 Å². The number of thiazole rings is 1. The normalized spacial score (nSPS) is 22.3. The number of esters is 1. The van der Waals surface area contributed by atoms with Crippen LogP contribution in [0.4, 0.5) is 4.39 Å². The molecule has 1 aliphatic carbocycles. The summed E-state index contributed by atoms with van der Waals surface area (Å²) in [6.07, 6.45) is 4.94. The van der Waals surface area contributed by atoms with E-state index in [-0.39, 0.29) is 17.7 Å². The van der Waals surface area contributed by atoms with E-state index in [0.717, 1.165) is 23.4 Å². The van der Waals surface area contributed by atoms with Crippen molar-refractivity contribution in [3.8, 4) is 0 Å². The Morgan fingerprint density at radius 1 is 1.30 bits per heavy atom. The topological polar surface area (TPSA) is 68.3 Å². The lowest BCUT2D eigenvalue weighted by atomic mass is 9.77. The fourth-order valence-corrected chi connectivity index (χ4v) is 4.23. The molecule has 1 fully saturated rings. The van der Waals surface area contributed by atoms with Crippen LogP contribution in [0, 0.1) is 11.7 Å². The average molecular weight is 390 g/mol. The minimum Gasteiger partial charge on any atom is -0.467 e. The highest BCUT2D eigenvalue weighted by molar-refractivity contribution is 7.13. The summed E-state index contributed by atoms with van der Waals surface area (Å²) in [5.74, 6) is -0.449. The number of amides is 1. The molecule has 0 saturated heterocycles. The second-order valence-corrected chi connectivity index (χ2v) is 8.25. The average Bonchev–Trinajstić information content (AvgIpc) is 3.13. The zero-order valence-corrected chi connectivity index (χ0v) is 16.3. The molecule has 1 aromatic heterocycles. The maximum absolute atomic E-state index is 13.0. The van der Waals surface area contributed by atoms with E-state index in [9.17, 15) is 14.0 Å². The molecule has 5 nitrogen and oxygen atoms in total. The number of benzene rings is 1. The van der Waals surface area contributed by atoms with Crippen molar-refractivity contribution in [2.75, 3.05) is 7.11 Å². The maximum Gasteiger partial charge on any atom is 0.331 e. The molecule has 7 heteroatoms. The molecule has 1 amide bonds. The minimum atomic E-state index is -0.959. The van der Waals surface area contributed by atoms with E-state index in [4.69, 9.17) is 4.74 Å². The first-order valence-corrected chi connectivity index (χ1v) is 9.83. The third kappa shape index (κ3) is 4.53. The van der Waals surface area contributed by atoms with Gasteiger partial charge in [-0.3, -0.25) is 4.79 Å². The molecule has 1 saturated carbocycles. The van der Waals surface area contributed by atoms with Crippen LogP contribution in [0.5, 0.6) is 0 Å². The van der Waals surface area contributed by atoms with Gasteiger partial charge in [0.15, 0.2) is 0 Å². The number of carbonyl (C=O) groups excluding carboxylic acids is 2. The van der Waals surface area contributed by atoms with Gasteiger partial charge in [0, 0.05) is 6.42 Å². The summed E-state index contributed by atoms with van der Waals surface area (Å²) < 4.78 is 18.0. The highest BCUT2D eigenvalue weighted by Crippen LogP contribution is 2.33. The first-order valence-electron chi connectivity index (χ1n) is 9.02. The lowest BCUT2D eigenvalue weighted by Gasteiger charge is -2.37. The van der Waals surface area contributed by atoms with Gasteiger partial charge in [-0.2, -0.15) is 0 Å². The van der Waals surface area contributed by atoms with E-state index in [2.05, 4.69) is 17.2 Å². The molecule has 1 N–H and O–H groups in total. The third-order valence-electron chi connectivity index (χ3n) is 5.10. The molecule has 2 aromatic rings. The van der Waals surface area contributed by atoms with Gasteiger partial charge in [-0.05, 0) is 49.3 Å². The molecule has 0 unspecified atom stereocenters. The van der Waals surface area contributed by atoms with Gasteiger partial charge in [0.25, 0.3) is 5.91 Å². The number of carbonyl (C=O) groups is 2. The molecule has 1 heterocycles. The van der Waals surface area contributed by atoms with Gasteiger partial charge < -0.3 is 10.1 Å². The molecule has 3 rings (SSSR count). The lowest BCUT2D eigenvalue weighted by Crippen LogP contribution is -2.56. The summed E-state index contributed by atoms with van der Waals surface area (Å²) in [5.41, 5.74) is -0.0376. The van der Waals surface area contributed by atoms with Gasteiger partial charge in [-0.25, -0.2) is 14.2 Å². The molecular weight excluding hydrogens is 367 g/mol. The Morgan fingerprint density at radius 2 is 1.96 bits per heavy atom. The summed E-state index contributed by atoms with van der Waals surface area (Å²) in [6.45, 7) is 2.15. The quantitative estimate of drug-likeness (QED) is 0.790. The second kappa shape index (κ2) is 8.17. The first kappa shape index (κ1) is 19.5. The van der Waals surface area contributed by atoms with Crippen LogP contribution in [0.1, 0.15) is 52.8 Å². The number of nitrogens with zero attached hydrogens (tertiary/aromatic N) is 1. The van der Waals surface area contributed by atoms with Crippen molar-refractivity contribution in [1.29, 1.82) is 0 Å². The highest BCUT2D eigenvalue weighted by Gasteiger charge is 2.43. The first-order chi connectivity index (χ1) is 12.9. The third-order valence-corrected chi connectivity index (χ3v) is 6.10.